The van der Waals surface area contributed by atoms with Crippen LogP contribution in [0, 0.1) is 0 Å². The SMILES string of the molecule is CCNC(=NCc1ccccc1CO)NC(C)c1cc2cccc(OCC)c2o1. The number of benzene rings is 2. The van der Waals surface area contributed by atoms with Gasteiger partial charge in [0.1, 0.15) is 5.76 Å². The maximum absolute atomic E-state index is 9.51. The predicted octanol–water partition coefficient (Wildman–Crippen LogP) is 4.14. The standard InChI is InChI=1S/C23H29N3O3/c1-4-24-23(25-14-18-9-6-7-10-19(18)15-27)26-16(3)21-13-17-11-8-12-20(28-5-2)22(17)29-21/h6-13,16,27H,4-5,14-15H2,1-3H3,(H2,24,25,26). The molecule has 1 atom stereocenters. The Bertz CT molecular complexity index is 965. The smallest absolute Gasteiger partial charge is 0.192 e. The predicted molar refractivity (Wildman–Crippen MR) is 116 cm³/mol. The number of fused-ring (bicyclic) bond motifs is 1. The average Bonchev–Trinajstić information content (AvgIpc) is 3.18. The Morgan fingerprint density at radius 1 is 1.14 bits per heavy atom. The molecule has 0 amide bonds. The highest BCUT2D eigenvalue weighted by atomic mass is 16.5. The van der Waals surface area contributed by atoms with E-state index in [-0.39, 0.29) is 12.6 Å². The van der Waals surface area contributed by atoms with E-state index < -0.39 is 0 Å². The lowest BCUT2D eigenvalue weighted by Crippen LogP contribution is -2.38. The normalized spacial score (nSPS) is 12.8. The summed E-state index contributed by atoms with van der Waals surface area (Å²) in [6.07, 6.45) is 0. The van der Waals surface area contributed by atoms with Crippen molar-refractivity contribution in [3.8, 4) is 5.75 Å². The van der Waals surface area contributed by atoms with Crippen LogP contribution in [0.4, 0.5) is 0 Å². The van der Waals surface area contributed by atoms with Crippen LogP contribution in [0.5, 0.6) is 5.75 Å². The highest BCUT2D eigenvalue weighted by Crippen LogP contribution is 2.31. The maximum atomic E-state index is 9.51. The fourth-order valence-corrected chi connectivity index (χ4v) is 3.17. The minimum atomic E-state index is -0.0808. The second-order valence-corrected chi connectivity index (χ2v) is 6.74. The van der Waals surface area contributed by atoms with Gasteiger partial charge in [0.05, 0.1) is 25.8 Å². The first-order valence-electron chi connectivity index (χ1n) is 10.0. The fourth-order valence-electron chi connectivity index (χ4n) is 3.17. The molecule has 0 saturated carbocycles. The van der Waals surface area contributed by atoms with Crippen molar-refractivity contribution in [3.05, 3.63) is 65.4 Å². The Hall–Kier alpha value is -2.99. The number of guanidine groups is 1. The van der Waals surface area contributed by atoms with Crippen LogP contribution in [0.25, 0.3) is 11.0 Å². The summed E-state index contributed by atoms with van der Waals surface area (Å²) >= 11 is 0. The van der Waals surface area contributed by atoms with Gasteiger partial charge in [0, 0.05) is 11.9 Å². The van der Waals surface area contributed by atoms with Gasteiger partial charge in [-0.25, -0.2) is 4.99 Å². The maximum Gasteiger partial charge on any atom is 0.192 e. The topological polar surface area (TPSA) is 79.0 Å². The number of furan rings is 1. The molecule has 154 valence electrons. The molecule has 1 unspecified atom stereocenters. The zero-order valence-corrected chi connectivity index (χ0v) is 17.2. The number of rotatable bonds is 8. The summed E-state index contributed by atoms with van der Waals surface area (Å²) in [4.78, 5) is 4.68. The molecule has 2 aromatic carbocycles. The summed E-state index contributed by atoms with van der Waals surface area (Å²) in [5.74, 6) is 2.26. The molecule has 6 heteroatoms. The van der Waals surface area contributed by atoms with Gasteiger partial charge in [0.25, 0.3) is 0 Å². The number of nitrogens with zero attached hydrogens (tertiary/aromatic N) is 1. The van der Waals surface area contributed by atoms with Gasteiger partial charge >= 0.3 is 0 Å². The number of aliphatic hydroxyl groups excluding tert-OH is 1. The van der Waals surface area contributed by atoms with E-state index in [9.17, 15) is 5.11 Å². The molecule has 1 heterocycles. The van der Waals surface area contributed by atoms with E-state index in [0.29, 0.717) is 19.1 Å². The lowest BCUT2D eigenvalue weighted by molar-refractivity contribution is 0.280. The van der Waals surface area contributed by atoms with Crippen molar-refractivity contribution in [2.24, 2.45) is 4.99 Å². The van der Waals surface area contributed by atoms with Gasteiger partial charge in [-0.05, 0) is 44.0 Å². The van der Waals surface area contributed by atoms with E-state index in [1.165, 1.54) is 0 Å². The summed E-state index contributed by atoms with van der Waals surface area (Å²) in [6.45, 7) is 7.84. The summed E-state index contributed by atoms with van der Waals surface area (Å²) in [6, 6.07) is 15.6. The minimum absolute atomic E-state index is 0.00716. The zero-order chi connectivity index (χ0) is 20.6. The van der Waals surface area contributed by atoms with Crippen LogP contribution in [0.2, 0.25) is 0 Å². The lowest BCUT2D eigenvalue weighted by Gasteiger charge is -2.16. The van der Waals surface area contributed by atoms with E-state index in [1.807, 2.05) is 69.3 Å². The van der Waals surface area contributed by atoms with Gasteiger partial charge in [-0.3, -0.25) is 0 Å². The van der Waals surface area contributed by atoms with E-state index in [1.54, 1.807) is 0 Å². The number of hydrogen-bond acceptors (Lipinski definition) is 4. The van der Waals surface area contributed by atoms with Crippen molar-refractivity contribution in [2.75, 3.05) is 13.2 Å². The first kappa shape index (κ1) is 20.7. The molecule has 0 spiro atoms. The molecule has 3 rings (SSSR count). The Labute approximate surface area is 171 Å². The Morgan fingerprint density at radius 2 is 1.93 bits per heavy atom. The molecule has 0 aliphatic rings. The summed E-state index contributed by atoms with van der Waals surface area (Å²) < 4.78 is 11.8. The third kappa shape index (κ3) is 5.09. The average molecular weight is 396 g/mol. The van der Waals surface area contributed by atoms with E-state index in [0.717, 1.165) is 40.2 Å². The molecule has 0 bridgehead atoms. The molecule has 6 nitrogen and oxygen atoms in total. The molecule has 0 fully saturated rings. The second-order valence-electron chi connectivity index (χ2n) is 6.74. The van der Waals surface area contributed by atoms with Crippen LogP contribution in [0.3, 0.4) is 0 Å². The van der Waals surface area contributed by atoms with Gasteiger partial charge in [-0.2, -0.15) is 0 Å². The summed E-state index contributed by atoms with van der Waals surface area (Å²) in [5, 5.41) is 17.2. The first-order valence-corrected chi connectivity index (χ1v) is 10.0. The third-order valence-electron chi connectivity index (χ3n) is 4.65. The number of ether oxygens (including phenoxy) is 1. The monoisotopic (exact) mass is 395 g/mol. The van der Waals surface area contributed by atoms with Crippen LogP contribution in [0.15, 0.2) is 57.9 Å². The van der Waals surface area contributed by atoms with Crippen molar-refractivity contribution in [2.45, 2.75) is 40.0 Å². The second kappa shape index (κ2) is 9.98. The van der Waals surface area contributed by atoms with Crippen molar-refractivity contribution >= 4 is 16.9 Å². The quantitative estimate of drug-likeness (QED) is 0.395. The van der Waals surface area contributed by atoms with Gasteiger partial charge in [-0.1, -0.05) is 36.4 Å². The molecule has 0 aliphatic heterocycles. The van der Waals surface area contributed by atoms with Crippen molar-refractivity contribution in [1.29, 1.82) is 0 Å². The number of para-hydroxylation sites is 1. The van der Waals surface area contributed by atoms with E-state index in [4.69, 9.17) is 9.15 Å². The largest absolute Gasteiger partial charge is 0.490 e. The molecule has 0 saturated heterocycles. The van der Waals surface area contributed by atoms with Crippen molar-refractivity contribution < 1.29 is 14.3 Å². The molecule has 0 aliphatic carbocycles. The molecular weight excluding hydrogens is 366 g/mol. The van der Waals surface area contributed by atoms with Gasteiger partial charge < -0.3 is 24.9 Å². The Kier molecular flexibility index (Phi) is 7.14. The van der Waals surface area contributed by atoms with Crippen LogP contribution in [-0.4, -0.2) is 24.2 Å². The van der Waals surface area contributed by atoms with Crippen LogP contribution < -0.4 is 15.4 Å². The number of hydrogen-bond donors (Lipinski definition) is 3. The highest BCUT2D eigenvalue weighted by Gasteiger charge is 2.15. The zero-order valence-electron chi connectivity index (χ0n) is 17.2. The highest BCUT2D eigenvalue weighted by molar-refractivity contribution is 5.84. The Morgan fingerprint density at radius 3 is 2.66 bits per heavy atom. The van der Waals surface area contributed by atoms with Crippen LogP contribution in [0.1, 0.15) is 43.7 Å². The third-order valence-corrected chi connectivity index (χ3v) is 4.65. The summed E-state index contributed by atoms with van der Waals surface area (Å²) in [5.41, 5.74) is 2.66. The van der Waals surface area contributed by atoms with Crippen molar-refractivity contribution in [3.63, 3.8) is 0 Å². The Balaban J connectivity index is 1.78. The molecular formula is C23H29N3O3. The first-order chi connectivity index (χ1) is 14.2. The van der Waals surface area contributed by atoms with Gasteiger partial charge in [-0.15, -0.1) is 0 Å². The summed E-state index contributed by atoms with van der Waals surface area (Å²) in [7, 11) is 0. The molecule has 29 heavy (non-hydrogen) atoms. The number of aliphatic hydroxyl groups is 1. The van der Waals surface area contributed by atoms with Crippen LogP contribution in [-0.2, 0) is 13.2 Å². The molecule has 0 radical (unpaired) electrons. The number of aliphatic imine (C=N–C) groups is 1. The minimum Gasteiger partial charge on any atom is -0.490 e. The van der Waals surface area contributed by atoms with Crippen LogP contribution >= 0.6 is 0 Å². The fraction of sp³-hybridized carbons (Fsp3) is 0.348. The lowest BCUT2D eigenvalue weighted by atomic mass is 10.1. The van der Waals surface area contributed by atoms with E-state index in [2.05, 4.69) is 15.6 Å². The van der Waals surface area contributed by atoms with Gasteiger partial charge in [0.2, 0.25) is 0 Å². The van der Waals surface area contributed by atoms with E-state index >= 15 is 0 Å². The molecule has 3 aromatic rings. The number of nitrogens with one attached hydrogen (secondary N) is 2. The molecule has 1 aromatic heterocycles. The van der Waals surface area contributed by atoms with Gasteiger partial charge in [0.15, 0.2) is 17.3 Å². The molecule has 3 N–H and O–H groups in total. The van der Waals surface area contributed by atoms with Crippen molar-refractivity contribution in [1.82, 2.24) is 10.6 Å².